The number of nitrogens with zero attached hydrogens (tertiary/aromatic N) is 1. The van der Waals surface area contributed by atoms with Gasteiger partial charge in [-0.05, 0) is 38.8 Å². The van der Waals surface area contributed by atoms with Crippen molar-refractivity contribution in [2.24, 2.45) is 0 Å². The second kappa shape index (κ2) is 36.4. The van der Waals surface area contributed by atoms with Crippen LogP contribution < -0.4 is 0 Å². The summed E-state index contributed by atoms with van der Waals surface area (Å²) in [5.41, 5.74) is 0. The average molecular weight is 542 g/mol. The van der Waals surface area contributed by atoms with Gasteiger partial charge in [-0.2, -0.15) is 0 Å². The van der Waals surface area contributed by atoms with Crippen molar-refractivity contribution in [3.63, 3.8) is 0 Å². The van der Waals surface area contributed by atoms with Gasteiger partial charge in [0, 0.05) is 13.0 Å². The summed E-state index contributed by atoms with van der Waals surface area (Å²) in [6.07, 6.45) is 30.1. The molecule has 38 heavy (non-hydrogen) atoms. The number of rotatable bonds is 29. The van der Waals surface area contributed by atoms with E-state index in [-0.39, 0.29) is 12.6 Å². The van der Waals surface area contributed by atoms with E-state index in [0.717, 1.165) is 45.3 Å². The fraction of sp³-hybridized carbons (Fsp3) is 0.971. The Morgan fingerprint density at radius 1 is 0.500 bits per heavy atom. The largest absolute Gasteiger partial charge is 0.466 e. The number of esters is 1. The van der Waals surface area contributed by atoms with Gasteiger partial charge in [-0.1, -0.05) is 150 Å². The third kappa shape index (κ3) is 35.4. The summed E-state index contributed by atoms with van der Waals surface area (Å²) in [7, 11) is 0. The van der Waals surface area contributed by atoms with E-state index in [0.29, 0.717) is 13.0 Å². The highest BCUT2D eigenvalue weighted by Crippen LogP contribution is 2.10. The van der Waals surface area contributed by atoms with Gasteiger partial charge in [-0.15, -0.1) is 0 Å². The predicted octanol–water partition coefficient (Wildman–Crippen LogP) is 10.3. The highest BCUT2D eigenvalue weighted by Gasteiger charge is 2.06. The summed E-state index contributed by atoms with van der Waals surface area (Å²) < 4.78 is 5.37. The molecule has 0 rings (SSSR count). The molecule has 4 nitrogen and oxygen atoms in total. The van der Waals surface area contributed by atoms with E-state index in [1.54, 1.807) is 0 Å². The van der Waals surface area contributed by atoms with Crippen molar-refractivity contribution in [1.29, 1.82) is 0 Å². The van der Waals surface area contributed by atoms with Crippen LogP contribution in [0.15, 0.2) is 0 Å². The minimum absolute atomic E-state index is 0.0299. The van der Waals surface area contributed by atoms with Gasteiger partial charge in [-0.3, -0.25) is 4.79 Å². The lowest BCUT2D eigenvalue weighted by Gasteiger charge is -2.21. The van der Waals surface area contributed by atoms with Crippen LogP contribution in [0.2, 0.25) is 0 Å². The first-order valence-corrected chi connectivity index (χ1v) is 17.1. The topological polar surface area (TPSA) is 49.8 Å². The zero-order valence-electron chi connectivity index (χ0n) is 26.7. The Kier molecular flexibility index (Phi) is 37.9. The Hall–Kier alpha value is -0.610. The van der Waals surface area contributed by atoms with Crippen LogP contribution >= 0.6 is 0 Å². The molecule has 0 heterocycles. The lowest BCUT2D eigenvalue weighted by molar-refractivity contribution is -0.143. The molecule has 0 atom stereocenters. The van der Waals surface area contributed by atoms with Crippen molar-refractivity contribution in [2.75, 3.05) is 32.8 Å². The number of hydrogen-bond acceptors (Lipinski definition) is 4. The number of aliphatic hydroxyl groups is 1. The minimum atomic E-state index is -0.0299. The molecule has 0 unspecified atom stereocenters. The fourth-order valence-electron chi connectivity index (χ4n) is 4.72. The maximum Gasteiger partial charge on any atom is 0.305 e. The van der Waals surface area contributed by atoms with Gasteiger partial charge in [0.1, 0.15) is 0 Å². The molecule has 0 saturated carbocycles. The maximum atomic E-state index is 11.8. The average Bonchev–Trinajstić information content (AvgIpc) is 2.92. The van der Waals surface area contributed by atoms with Crippen molar-refractivity contribution in [3.8, 4) is 0 Å². The van der Waals surface area contributed by atoms with Crippen molar-refractivity contribution in [3.05, 3.63) is 0 Å². The van der Waals surface area contributed by atoms with E-state index in [2.05, 4.69) is 32.6 Å². The molecule has 0 aliphatic heterocycles. The van der Waals surface area contributed by atoms with E-state index in [1.807, 2.05) is 0 Å². The smallest absolute Gasteiger partial charge is 0.305 e. The van der Waals surface area contributed by atoms with E-state index in [4.69, 9.17) is 4.74 Å². The van der Waals surface area contributed by atoms with Gasteiger partial charge in [0.2, 0.25) is 0 Å². The molecule has 0 spiro atoms. The maximum absolute atomic E-state index is 11.8. The Balaban J connectivity index is 0. The van der Waals surface area contributed by atoms with Crippen LogP contribution in [0, 0.1) is 0 Å². The zero-order chi connectivity index (χ0) is 28.4. The molecule has 0 aliphatic rings. The van der Waals surface area contributed by atoms with E-state index < -0.39 is 0 Å². The summed E-state index contributed by atoms with van der Waals surface area (Å²) >= 11 is 0. The molecule has 0 fully saturated rings. The summed E-state index contributed by atoms with van der Waals surface area (Å²) in [5, 5.41) is 9.24. The molecule has 0 radical (unpaired) electrons. The lowest BCUT2D eigenvalue weighted by Crippen LogP contribution is -2.29. The van der Waals surface area contributed by atoms with E-state index in [9.17, 15) is 9.90 Å². The van der Waals surface area contributed by atoms with Gasteiger partial charge < -0.3 is 14.7 Å². The minimum Gasteiger partial charge on any atom is -0.466 e. The summed E-state index contributed by atoms with van der Waals surface area (Å²) in [5.74, 6) is -0.0299. The van der Waals surface area contributed by atoms with Crippen LogP contribution in [-0.2, 0) is 9.53 Å². The van der Waals surface area contributed by atoms with Crippen LogP contribution in [0.25, 0.3) is 0 Å². The summed E-state index contributed by atoms with van der Waals surface area (Å²) in [6.45, 7) is 12.7. The third-order valence-electron chi connectivity index (χ3n) is 7.32. The first kappa shape index (κ1) is 39.5. The second-order valence-electron chi connectivity index (χ2n) is 11.3. The molecule has 0 bridgehead atoms. The number of carbonyl (C=O) groups is 1. The quantitative estimate of drug-likeness (QED) is 0.0755. The van der Waals surface area contributed by atoms with Crippen LogP contribution in [0.5, 0.6) is 0 Å². The van der Waals surface area contributed by atoms with Crippen molar-refractivity contribution < 1.29 is 14.6 Å². The van der Waals surface area contributed by atoms with Crippen molar-refractivity contribution >= 4 is 5.97 Å². The van der Waals surface area contributed by atoms with Gasteiger partial charge in [0.15, 0.2) is 0 Å². The van der Waals surface area contributed by atoms with E-state index >= 15 is 0 Å². The van der Waals surface area contributed by atoms with Crippen LogP contribution in [0.4, 0.5) is 0 Å². The Morgan fingerprint density at radius 3 is 1.29 bits per heavy atom. The zero-order valence-corrected chi connectivity index (χ0v) is 26.7. The number of aliphatic hydroxyl groups excluding tert-OH is 1. The molecule has 0 amide bonds. The summed E-state index contributed by atoms with van der Waals surface area (Å²) in [6, 6.07) is 0. The van der Waals surface area contributed by atoms with Crippen molar-refractivity contribution in [2.45, 2.75) is 182 Å². The number of unbranched alkanes of at least 4 members (excludes halogenated alkanes) is 19. The molecule has 4 heteroatoms. The third-order valence-corrected chi connectivity index (χ3v) is 7.32. The molecular weight excluding hydrogens is 470 g/mol. The van der Waals surface area contributed by atoms with Gasteiger partial charge in [0.25, 0.3) is 0 Å². The molecule has 0 aromatic rings. The van der Waals surface area contributed by atoms with Crippen molar-refractivity contribution in [1.82, 2.24) is 4.90 Å². The molecule has 230 valence electrons. The molecule has 0 aliphatic carbocycles. The SMILES string of the molecule is CCCCCCCC.CCCCCCCCCCCOC(=O)CCCCCN(CCO)CCCCCCC. The van der Waals surface area contributed by atoms with Gasteiger partial charge >= 0.3 is 5.97 Å². The molecule has 0 aromatic heterocycles. The number of ether oxygens (including phenoxy) is 1. The lowest BCUT2D eigenvalue weighted by atomic mass is 10.1. The van der Waals surface area contributed by atoms with E-state index in [1.165, 1.54) is 122 Å². The standard InChI is InChI=1S/C26H53NO3.C8H18/c1-3-5-7-9-10-11-12-14-19-25-30-26(29)20-16-15-18-22-27(23-24-28)21-17-13-8-6-4-2;1-3-5-7-8-6-4-2/h28H,3-25H2,1-2H3;3-8H2,1-2H3. The van der Waals surface area contributed by atoms with Crippen LogP contribution in [0.3, 0.4) is 0 Å². The molecule has 0 saturated heterocycles. The van der Waals surface area contributed by atoms with Gasteiger partial charge in [-0.25, -0.2) is 0 Å². The molecule has 0 aromatic carbocycles. The fourth-order valence-corrected chi connectivity index (χ4v) is 4.72. The number of carbonyl (C=O) groups excluding carboxylic acids is 1. The normalized spacial score (nSPS) is 11.0. The Bertz CT molecular complexity index is 424. The second-order valence-corrected chi connectivity index (χ2v) is 11.3. The first-order chi connectivity index (χ1) is 18.7. The highest BCUT2D eigenvalue weighted by molar-refractivity contribution is 5.69. The molecule has 1 N–H and O–H groups in total. The van der Waals surface area contributed by atoms with Gasteiger partial charge in [0.05, 0.1) is 13.2 Å². The van der Waals surface area contributed by atoms with Crippen LogP contribution in [0.1, 0.15) is 182 Å². The Morgan fingerprint density at radius 2 is 0.868 bits per heavy atom. The predicted molar refractivity (Wildman–Crippen MR) is 168 cm³/mol. The monoisotopic (exact) mass is 542 g/mol. The van der Waals surface area contributed by atoms with Crippen LogP contribution in [-0.4, -0.2) is 48.8 Å². The Labute approximate surface area is 240 Å². The summed E-state index contributed by atoms with van der Waals surface area (Å²) in [4.78, 5) is 14.2. The first-order valence-electron chi connectivity index (χ1n) is 17.1. The number of hydrogen-bond donors (Lipinski definition) is 1. The molecular formula is C34H71NO3. The highest BCUT2D eigenvalue weighted by atomic mass is 16.5.